The summed E-state index contributed by atoms with van der Waals surface area (Å²) in [6.07, 6.45) is 3.22. The van der Waals surface area contributed by atoms with Gasteiger partial charge in [0.05, 0.1) is 12.0 Å². The Bertz CT molecular complexity index is 809. The molecular formula is C20H22N4O. The second-order valence-corrected chi connectivity index (χ2v) is 6.58. The minimum Gasteiger partial charge on any atom is -0.351 e. The van der Waals surface area contributed by atoms with Crippen LogP contribution in [0.5, 0.6) is 0 Å². The lowest BCUT2D eigenvalue weighted by Crippen LogP contribution is -2.39. The fourth-order valence-corrected chi connectivity index (χ4v) is 2.65. The molecule has 2 aromatic carbocycles. The van der Waals surface area contributed by atoms with E-state index < -0.39 is 5.41 Å². The fourth-order valence-electron chi connectivity index (χ4n) is 2.65. The van der Waals surface area contributed by atoms with Crippen molar-refractivity contribution in [3.05, 3.63) is 83.9 Å². The maximum atomic E-state index is 12.6. The minimum absolute atomic E-state index is 0.0189. The second kappa shape index (κ2) is 7.30. The van der Waals surface area contributed by atoms with Crippen molar-refractivity contribution in [1.29, 1.82) is 0 Å². The Morgan fingerprint density at radius 1 is 1.04 bits per heavy atom. The molecule has 0 aliphatic heterocycles. The largest absolute Gasteiger partial charge is 0.351 e. The van der Waals surface area contributed by atoms with Gasteiger partial charge >= 0.3 is 0 Å². The zero-order valence-electron chi connectivity index (χ0n) is 14.5. The monoisotopic (exact) mass is 334 g/mol. The predicted molar refractivity (Wildman–Crippen MR) is 96.9 cm³/mol. The summed E-state index contributed by atoms with van der Waals surface area (Å²) in [6, 6.07) is 18.0. The van der Waals surface area contributed by atoms with E-state index in [4.69, 9.17) is 0 Å². The molecule has 1 heterocycles. The molecule has 5 heteroatoms. The topological polar surface area (TPSA) is 59.8 Å². The Morgan fingerprint density at radius 3 is 2.36 bits per heavy atom. The quantitative estimate of drug-likeness (QED) is 0.754. The highest BCUT2D eigenvalue weighted by molar-refractivity contribution is 5.87. The van der Waals surface area contributed by atoms with Gasteiger partial charge < -0.3 is 5.32 Å². The molecule has 25 heavy (non-hydrogen) atoms. The second-order valence-electron chi connectivity index (χ2n) is 6.58. The molecule has 5 nitrogen and oxygen atoms in total. The van der Waals surface area contributed by atoms with Gasteiger partial charge in [-0.25, -0.2) is 9.67 Å². The zero-order chi connectivity index (χ0) is 17.7. The van der Waals surface area contributed by atoms with Gasteiger partial charge in [-0.1, -0.05) is 54.6 Å². The van der Waals surface area contributed by atoms with Crippen LogP contribution >= 0.6 is 0 Å². The number of hydrogen-bond donors (Lipinski definition) is 1. The van der Waals surface area contributed by atoms with E-state index in [-0.39, 0.29) is 5.91 Å². The normalized spacial score (nSPS) is 11.3. The third-order valence-corrected chi connectivity index (χ3v) is 4.35. The van der Waals surface area contributed by atoms with Crippen LogP contribution in [0, 0.1) is 0 Å². The predicted octanol–water partition coefficient (Wildman–Crippen LogP) is 2.92. The molecule has 0 bridgehead atoms. The van der Waals surface area contributed by atoms with Gasteiger partial charge in [0.2, 0.25) is 5.91 Å². The van der Waals surface area contributed by atoms with E-state index in [0.29, 0.717) is 13.1 Å². The van der Waals surface area contributed by atoms with Crippen molar-refractivity contribution in [3.63, 3.8) is 0 Å². The molecule has 0 unspecified atom stereocenters. The molecule has 128 valence electrons. The van der Waals surface area contributed by atoms with E-state index >= 15 is 0 Å². The van der Waals surface area contributed by atoms with Gasteiger partial charge in [-0.2, -0.15) is 5.10 Å². The van der Waals surface area contributed by atoms with Crippen molar-refractivity contribution in [2.24, 2.45) is 0 Å². The summed E-state index contributed by atoms with van der Waals surface area (Å²) < 4.78 is 1.78. The van der Waals surface area contributed by atoms with E-state index in [0.717, 1.165) is 16.7 Å². The van der Waals surface area contributed by atoms with Gasteiger partial charge in [0.15, 0.2) is 0 Å². The number of amides is 1. The first kappa shape index (κ1) is 16.9. The van der Waals surface area contributed by atoms with Gasteiger partial charge in [-0.05, 0) is 30.5 Å². The Labute approximate surface area is 147 Å². The number of aromatic nitrogens is 3. The van der Waals surface area contributed by atoms with E-state index in [2.05, 4.69) is 15.4 Å². The Morgan fingerprint density at radius 2 is 1.72 bits per heavy atom. The Hall–Kier alpha value is -2.95. The molecule has 0 fully saturated rings. The van der Waals surface area contributed by atoms with Gasteiger partial charge in [-0.3, -0.25) is 4.79 Å². The number of carbonyl (C=O) groups is 1. The van der Waals surface area contributed by atoms with Crippen molar-refractivity contribution in [1.82, 2.24) is 20.1 Å². The lowest BCUT2D eigenvalue weighted by molar-refractivity contribution is -0.125. The first-order chi connectivity index (χ1) is 12.1. The molecule has 3 aromatic rings. The van der Waals surface area contributed by atoms with Crippen LogP contribution in [0.1, 0.15) is 30.5 Å². The Balaban J connectivity index is 1.58. The van der Waals surface area contributed by atoms with Crippen molar-refractivity contribution in [3.8, 4) is 0 Å². The highest BCUT2D eigenvalue weighted by Gasteiger charge is 2.29. The maximum Gasteiger partial charge on any atom is 0.230 e. The van der Waals surface area contributed by atoms with Crippen molar-refractivity contribution < 1.29 is 4.79 Å². The number of hydrogen-bond acceptors (Lipinski definition) is 3. The summed E-state index contributed by atoms with van der Waals surface area (Å²) in [4.78, 5) is 16.5. The first-order valence-corrected chi connectivity index (χ1v) is 8.30. The highest BCUT2D eigenvalue weighted by atomic mass is 16.2. The summed E-state index contributed by atoms with van der Waals surface area (Å²) in [5, 5.41) is 7.13. The molecule has 1 N–H and O–H groups in total. The van der Waals surface area contributed by atoms with Crippen LogP contribution in [0.4, 0.5) is 0 Å². The standard InChI is InChI=1S/C20H22N4O/c1-20(2,18-6-4-3-5-7-18)19(25)22-12-16-8-10-17(11-9-16)13-24-15-21-14-23-24/h3-11,14-15H,12-13H2,1-2H3,(H,22,25). The smallest absolute Gasteiger partial charge is 0.230 e. The number of carbonyl (C=O) groups excluding carboxylic acids is 1. The highest BCUT2D eigenvalue weighted by Crippen LogP contribution is 2.23. The van der Waals surface area contributed by atoms with Crippen LogP contribution in [0.25, 0.3) is 0 Å². The van der Waals surface area contributed by atoms with E-state index in [1.807, 2.05) is 68.4 Å². The molecule has 1 amide bonds. The van der Waals surface area contributed by atoms with Crippen LogP contribution in [-0.2, 0) is 23.3 Å². The third-order valence-electron chi connectivity index (χ3n) is 4.35. The molecule has 0 spiro atoms. The molecule has 0 aliphatic carbocycles. The molecule has 0 saturated heterocycles. The Kier molecular flexibility index (Phi) is 4.93. The van der Waals surface area contributed by atoms with Crippen LogP contribution in [-0.4, -0.2) is 20.7 Å². The van der Waals surface area contributed by atoms with Crippen molar-refractivity contribution >= 4 is 5.91 Å². The lowest BCUT2D eigenvalue weighted by atomic mass is 9.84. The molecule has 3 rings (SSSR count). The van der Waals surface area contributed by atoms with Crippen molar-refractivity contribution in [2.75, 3.05) is 0 Å². The first-order valence-electron chi connectivity index (χ1n) is 8.30. The third kappa shape index (κ3) is 4.12. The molecule has 0 atom stereocenters. The number of nitrogens with one attached hydrogen (secondary N) is 1. The van der Waals surface area contributed by atoms with Gasteiger partial charge in [-0.15, -0.1) is 0 Å². The summed E-state index contributed by atoms with van der Waals surface area (Å²) in [7, 11) is 0. The fraction of sp³-hybridized carbons (Fsp3) is 0.250. The van der Waals surface area contributed by atoms with E-state index in [1.54, 1.807) is 11.0 Å². The lowest BCUT2D eigenvalue weighted by Gasteiger charge is -2.24. The SMILES string of the molecule is CC(C)(C(=O)NCc1ccc(Cn2cncn2)cc1)c1ccccc1. The zero-order valence-corrected chi connectivity index (χ0v) is 14.5. The van der Waals surface area contributed by atoms with Gasteiger partial charge in [0.25, 0.3) is 0 Å². The van der Waals surface area contributed by atoms with Crippen molar-refractivity contribution in [2.45, 2.75) is 32.4 Å². The minimum atomic E-state index is -0.561. The van der Waals surface area contributed by atoms with Gasteiger partial charge in [0.1, 0.15) is 12.7 Å². The molecule has 0 radical (unpaired) electrons. The molecule has 0 aliphatic rings. The summed E-state index contributed by atoms with van der Waals surface area (Å²) in [5.41, 5.74) is 2.66. The number of benzene rings is 2. The van der Waals surface area contributed by atoms with Crippen LogP contribution in [0.2, 0.25) is 0 Å². The summed E-state index contributed by atoms with van der Waals surface area (Å²) in [6.45, 7) is 5.09. The molecule has 1 aromatic heterocycles. The van der Waals surface area contributed by atoms with Gasteiger partial charge in [0, 0.05) is 6.54 Å². The van der Waals surface area contributed by atoms with E-state index in [9.17, 15) is 4.79 Å². The summed E-state index contributed by atoms with van der Waals surface area (Å²) in [5.74, 6) is 0.0189. The van der Waals surface area contributed by atoms with Crippen LogP contribution < -0.4 is 5.32 Å². The average Bonchev–Trinajstić information content (AvgIpc) is 3.14. The van der Waals surface area contributed by atoms with Crippen LogP contribution in [0.3, 0.4) is 0 Å². The van der Waals surface area contributed by atoms with E-state index in [1.165, 1.54) is 6.33 Å². The number of nitrogens with zero attached hydrogens (tertiary/aromatic N) is 3. The number of rotatable bonds is 6. The maximum absolute atomic E-state index is 12.6. The molecule has 0 saturated carbocycles. The molecular weight excluding hydrogens is 312 g/mol. The average molecular weight is 334 g/mol. The summed E-state index contributed by atoms with van der Waals surface area (Å²) >= 11 is 0. The van der Waals surface area contributed by atoms with Crippen LogP contribution in [0.15, 0.2) is 67.3 Å².